The van der Waals surface area contributed by atoms with Gasteiger partial charge < -0.3 is 10.0 Å². The van der Waals surface area contributed by atoms with Crippen molar-refractivity contribution in [3.8, 4) is 0 Å². The minimum atomic E-state index is -0.718. The SMILES string of the molecule is CN(CC(C)(C)C)CC(C)(C)CC(=O)O. The van der Waals surface area contributed by atoms with Crippen LogP contribution in [0.4, 0.5) is 0 Å². The van der Waals surface area contributed by atoms with Crippen LogP contribution in [0.5, 0.6) is 0 Å². The topological polar surface area (TPSA) is 40.5 Å². The third kappa shape index (κ3) is 8.43. The number of nitrogens with zero attached hydrogens (tertiary/aromatic N) is 1. The lowest BCUT2D eigenvalue weighted by Gasteiger charge is -2.33. The Hall–Kier alpha value is -0.570. The molecule has 15 heavy (non-hydrogen) atoms. The van der Waals surface area contributed by atoms with E-state index in [2.05, 4.69) is 32.7 Å². The molecule has 0 amide bonds. The Morgan fingerprint density at radius 3 is 1.93 bits per heavy atom. The van der Waals surface area contributed by atoms with Crippen molar-refractivity contribution < 1.29 is 9.90 Å². The summed E-state index contributed by atoms with van der Waals surface area (Å²) >= 11 is 0. The molecular formula is C12H25NO2. The Labute approximate surface area is 93.5 Å². The first-order valence-corrected chi connectivity index (χ1v) is 5.42. The van der Waals surface area contributed by atoms with Gasteiger partial charge in [-0.1, -0.05) is 34.6 Å². The van der Waals surface area contributed by atoms with Crippen molar-refractivity contribution >= 4 is 5.97 Å². The number of carboxylic acids is 1. The highest BCUT2D eigenvalue weighted by atomic mass is 16.4. The monoisotopic (exact) mass is 215 g/mol. The van der Waals surface area contributed by atoms with Gasteiger partial charge in [0, 0.05) is 13.1 Å². The molecule has 0 atom stereocenters. The van der Waals surface area contributed by atoms with E-state index in [-0.39, 0.29) is 17.3 Å². The van der Waals surface area contributed by atoms with Crippen molar-refractivity contribution in [1.82, 2.24) is 4.90 Å². The van der Waals surface area contributed by atoms with Crippen LogP contribution in [-0.4, -0.2) is 36.1 Å². The predicted molar refractivity (Wildman–Crippen MR) is 63.0 cm³/mol. The average Bonchev–Trinajstić information content (AvgIpc) is 1.73. The number of carbonyl (C=O) groups is 1. The normalized spacial score (nSPS) is 13.3. The number of rotatable bonds is 5. The molecule has 1 N–H and O–H groups in total. The minimum Gasteiger partial charge on any atom is -0.481 e. The Bertz CT molecular complexity index is 216. The second kappa shape index (κ2) is 4.97. The third-order valence-corrected chi connectivity index (χ3v) is 2.07. The van der Waals surface area contributed by atoms with E-state index < -0.39 is 5.97 Å². The zero-order valence-corrected chi connectivity index (χ0v) is 10.9. The first-order valence-electron chi connectivity index (χ1n) is 5.42. The van der Waals surface area contributed by atoms with E-state index in [1.807, 2.05) is 13.8 Å². The van der Waals surface area contributed by atoms with Crippen molar-refractivity contribution in [3.63, 3.8) is 0 Å². The molecule has 0 aromatic carbocycles. The quantitative estimate of drug-likeness (QED) is 0.766. The van der Waals surface area contributed by atoms with Crippen molar-refractivity contribution in [3.05, 3.63) is 0 Å². The van der Waals surface area contributed by atoms with E-state index in [1.165, 1.54) is 0 Å². The summed E-state index contributed by atoms with van der Waals surface area (Å²) in [5, 5.41) is 8.78. The van der Waals surface area contributed by atoms with Gasteiger partial charge in [-0.05, 0) is 17.9 Å². The second-order valence-corrected chi connectivity index (χ2v) is 6.47. The summed E-state index contributed by atoms with van der Waals surface area (Å²) in [6.45, 7) is 12.4. The van der Waals surface area contributed by atoms with Crippen LogP contribution in [0.15, 0.2) is 0 Å². The molecule has 0 spiro atoms. The Balaban J connectivity index is 4.15. The summed E-state index contributed by atoms with van der Waals surface area (Å²) in [6.07, 6.45) is 0.224. The van der Waals surface area contributed by atoms with Crippen LogP contribution >= 0.6 is 0 Å². The molecule has 0 aliphatic heterocycles. The average molecular weight is 215 g/mol. The van der Waals surface area contributed by atoms with Gasteiger partial charge in [0.2, 0.25) is 0 Å². The fourth-order valence-electron chi connectivity index (χ4n) is 2.06. The van der Waals surface area contributed by atoms with Gasteiger partial charge in [-0.2, -0.15) is 0 Å². The van der Waals surface area contributed by atoms with E-state index in [9.17, 15) is 4.79 Å². The summed E-state index contributed by atoms with van der Waals surface area (Å²) in [6, 6.07) is 0. The molecule has 0 rings (SSSR count). The number of carboxylic acid groups (broad SMARTS) is 1. The summed E-state index contributed by atoms with van der Waals surface area (Å²) in [5.41, 5.74) is 0.0971. The maximum absolute atomic E-state index is 10.7. The smallest absolute Gasteiger partial charge is 0.303 e. The maximum Gasteiger partial charge on any atom is 0.303 e. The van der Waals surface area contributed by atoms with Gasteiger partial charge in [-0.25, -0.2) is 0 Å². The zero-order chi connectivity index (χ0) is 12.3. The fourth-order valence-corrected chi connectivity index (χ4v) is 2.06. The van der Waals surface area contributed by atoms with Gasteiger partial charge in [0.05, 0.1) is 6.42 Å². The minimum absolute atomic E-state index is 0.161. The van der Waals surface area contributed by atoms with E-state index in [1.54, 1.807) is 0 Å². The first-order chi connectivity index (χ1) is 6.52. The largest absolute Gasteiger partial charge is 0.481 e. The van der Waals surface area contributed by atoms with Crippen molar-refractivity contribution in [2.45, 2.75) is 41.0 Å². The third-order valence-electron chi connectivity index (χ3n) is 2.07. The second-order valence-electron chi connectivity index (χ2n) is 6.47. The molecule has 0 aliphatic carbocycles. The van der Waals surface area contributed by atoms with E-state index in [0.29, 0.717) is 0 Å². The fraction of sp³-hybridized carbons (Fsp3) is 0.917. The van der Waals surface area contributed by atoms with Crippen molar-refractivity contribution in [1.29, 1.82) is 0 Å². The predicted octanol–water partition coefficient (Wildman–Crippen LogP) is 2.47. The molecule has 3 nitrogen and oxygen atoms in total. The molecule has 0 radical (unpaired) electrons. The molecule has 0 aromatic heterocycles. The molecular weight excluding hydrogens is 190 g/mol. The zero-order valence-electron chi connectivity index (χ0n) is 10.9. The molecule has 0 aromatic rings. The van der Waals surface area contributed by atoms with E-state index >= 15 is 0 Å². The van der Waals surface area contributed by atoms with Crippen molar-refractivity contribution in [2.24, 2.45) is 10.8 Å². The van der Waals surface area contributed by atoms with E-state index in [4.69, 9.17) is 5.11 Å². The number of aliphatic carboxylic acids is 1. The number of hydrogen-bond donors (Lipinski definition) is 1. The van der Waals surface area contributed by atoms with Crippen LogP contribution in [0.2, 0.25) is 0 Å². The standard InChI is InChI=1S/C12H25NO2/c1-11(2,3)8-13(6)9-12(4,5)7-10(14)15/h7-9H2,1-6H3,(H,14,15). The lowest BCUT2D eigenvalue weighted by atomic mass is 9.87. The summed E-state index contributed by atoms with van der Waals surface area (Å²) in [7, 11) is 2.05. The van der Waals surface area contributed by atoms with Crippen molar-refractivity contribution in [2.75, 3.05) is 20.1 Å². The van der Waals surface area contributed by atoms with Crippen LogP contribution < -0.4 is 0 Å². The number of hydrogen-bond acceptors (Lipinski definition) is 2. The maximum atomic E-state index is 10.7. The first kappa shape index (κ1) is 14.4. The van der Waals surface area contributed by atoms with Crippen LogP contribution in [0.3, 0.4) is 0 Å². The Kier molecular flexibility index (Phi) is 4.78. The van der Waals surface area contributed by atoms with Crippen LogP contribution in [0.25, 0.3) is 0 Å². The summed E-state index contributed by atoms with van der Waals surface area (Å²) < 4.78 is 0. The van der Waals surface area contributed by atoms with Crippen LogP contribution in [0.1, 0.15) is 41.0 Å². The highest BCUT2D eigenvalue weighted by Crippen LogP contribution is 2.23. The van der Waals surface area contributed by atoms with Gasteiger partial charge in [0.25, 0.3) is 0 Å². The van der Waals surface area contributed by atoms with E-state index in [0.717, 1.165) is 13.1 Å². The molecule has 0 heterocycles. The lowest BCUT2D eigenvalue weighted by molar-refractivity contribution is -0.139. The molecule has 3 heteroatoms. The van der Waals surface area contributed by atoms with Gasteiger partial charge in [0.15, 0.2) is 0 Å². The summed E-state index contributed by atoms with van der Waals surface area (Å²) in [4.78, 5) is 12.9. The van der Waals surface area contributed by atoms with Gasteiger partial charge in [-0.15, -0.1) is 0 Å². The van der Waals surface area contributed by atoms with Gasteiger partial charge >= 0.3 is 5.97 Å². The molecule has 0 bridgehead atoms. The lowest BCUT2D eigenvalue weighted by Crippen LogP contribution is -2.37. The molecule has 0 aliphatic rings. The van der Waals surface area contributed by atoms with Crippen LogP contribution in [0, 0.1) is 10.8 Å². The van der Waals surface area contributed by atoms with Gasteiger partial charge in [0.1, 0.15) is 0 Å². The Morgan fingerprint density at radius 2 is 1.60 bits per heavy atom. The highest BCUT2D eigenvalue weighted by Gasteiger charge is 2.25. The molecule has 0 saturated heterocycles. The molecule has 0 saturated carbocycles. The van der Waals surface area contributed by atoms with Crippen LogP contribution in [-0.2, 0) is 4.79 Å². The molecule has 0 fully saturated rings. The van der Waals surface area contributed by atoms with Gasteiger partial charge in [-0.3, -0.25) is 4.79 Å². The highest BCUT2D eigenvalue weighted by molar-refractivity contribution is 5.67. The molecule has 0 unspecified atom stereocenters. The summed E-state index contributed by atoms with van der Waals surface area (Å²) in [5.74, 6) is -0.718. The molecule has 90 valence electrons. The Morgan fingerprint density at radius 1 is 1.13 bits per heavy atom.